The summed E-state index contributed by atoms with van der Waals surface area (Å²) in [5, 5.41) is 29.9. The van der Waals surface area contributed by atoms with E-state index in [0.717, 1.165) is 32.1 Å². The van der Waals surface area contributed by atoms with Crippen molar-refractivity contribution in [3.05, 3.63) is 11.6 Å². The summed E-state index contributed by atoms with van der Waals surface area (Å²) >= 11 is 0. The normalized spacial score (nSPS) is 36.3. The van der Waals surface area contributed by atoms with Gasteiger partial charge in [-0.05, 0) is 62.2 Å². The van der Waals surface area contributed by atoms with Crippen molar-refractivity contribution in [2.75, 3.05) is 0 Å². The molecule has 4 nitrogen and oxygen atoms in total. The first-order valence-electron chi connectivity index (χ1n) is 10.8. The largest absolute Gasteiger partial charge is 0.481 e. The number of carbonyl (C=O) groups is 1. The van der Waals surface area contributed by atoms with Crippen molar-refractivity contribution in [1.82, 2.24) is 0 Å². The number of hydrogen-bond acceptors (Lipinski definition) is 3. The first-order chi connectivity index (χ1) is 13.0. The van der Waals surface area contributed by atoms with Crippen molar-refractivity contribution in [2.24, 2.45) is 29.6 Å². The zero-order chi connectivity index (χ0) is 19.4. The van der Waals surface area contributed by atoms with Gasteiger partial charge in [-0.3, -0.25) is 4.79 Å². The van der Waals surface area contributed by atoms with Crippen LogP contribution in [0.2, 0.25) is 0 Å². The summed E-state index contributed by atoms with van der Waals surface area (Å²) in [5.41, 5.74) is 1.38. The van der Waals surface area contributed by atoms with Crippen LogP contribution in [0, 0.1) is 41.4 Å². The molecule has 0 spiro atoms. The molecular formula is C23H34O4. The van der Waals surface area contributed by atoms with Gasteiger partial charge in [0.05, 0.1) is 12.0 Å². The zero-order valence-electron chi connectivity index (χ0n) is 16.4. The van der Waals surface area contributed by atoms with Crippen molar-refractivity contribution < 1.29 is 20.1 Å². The molecule has 0 aliphatic heterocycles. The summed E-state index contributed by atoms with van der Waals surface area (Å²) in [6.45, 7) is 2.16. The topological polar surface area (TPSA) is 77.8 Å². The van der Waals surface area contributed by atoms with E-state index in [-0.39, 0.29) is 18.3 Å². The van der Waals surface area contributed by atoms with Crippen LogP contribution >= 0.6 is 0 Å². The molecule has 2 unspecified atom stereocenters. The Labute approximate surface area is 163 Å². The highest BCUT2D eigenvalue weighted by Gasteiger charge is 2.52. The molecule has 0 radical (unpaired) electrons. The molecular weight excluding hydrogens is 340 g/mol. The van der Waals surface area contributed by atoms with Crippen LogP contribution in [0.4, 0.5) is 0 Å². The van der Waals surface area contributed by atoms with Crippen LogP contribution in [0.15, 0.2) is 11.6 Å². The maximum Gasteiger partial charge on any atom is 0.303 e. The smallest absolute Gasteiger partial charge is 0.303 e. The van der Waals surface area contributed by atoms with Crippen molar-refractivity contribution >= 4 is 5.97 Å². The Balaban J connectivity index is 1.69. The molecule has 3 saturated carbocycles. The first-order valence-corrected chi connectivity index (χ1v) is 10.8. The van der Waals surface area contributed by atoms with Gasteiger partial charge in [-0.2, -0.15) is 0 Å². The highest BCUT2D eigenvalue weighted by molar-refractivity contribution is 5.66. The van der Waals surface area contributed by atoms with Gasteiger partial charge in [0, 0.05) is 6.42 Å². The van der Waals surface area contributed by atoms with Crippen LogP contribution in [0.1, 0.15) is 71.1 Å². The quantitative estimate of drug-likeness (QED) is 0.506. The Kier molecular flexibility index (Phi) is 7.00. The molecule has 3 rings (SSSR count). The SMILES string of the molecule is CCC1C(=CCCC(=O)O)[C@H]2CC[C@@H](O)[C@H](C#CC(O)C3CCCCC3)[C@@H]12. The van der Waals surface area contributed by atoms with Gasteiger partial charge in [-0.25, -0.2) is 0 Å². The van der Waals surface area contributed by atoms with Crippen LogP contribution in [-0.2, 0) is 4.79 Å². The lowest BCUT2D eigenvalue weighted by molar-refractivity contribution is -0.136. The average molecular weight is 375 g/mol. The molecule has 0 aromatic heterocycles. The van der Waals surface area contributed by atoms with Crippen LogP contribution in [0.3, 0.4) is 0 Å². The molecule has 0 saturated heterocycles. The van der Waals surface area contributed by atoms with Gasteiger partial charge in [0.15, 0.2) is 0 Å². The number of carboxylic acid groups (broad SMARTS) is 1. The zero-order valence-corrected chi connectivity index (χ0v) is 16.4. The summed E-state index contributed by atoms with van der Waals surface area (Å²) < 4.78 is 0. The second kappa shape index (κ2) is 9.26. The summed E-state index contributed by atoms with van der Waals surface area (Å²) in [6, 6.07) is 0. The van der Waals surface area contributed by atoms with E-state index in [9.17, 15) is 15.0 Å². The summed E-state index contributed by atoms with van der Waals surface area (Å²) in [6.07, 6.45) is 10.4. The van der Waals surface area contributed by atoms with E-state index in [0.29, 0.717) is 24.2 Å². The van der Waals surface area contributed by atoms with Gasteiger partial charge in [-0.15, -0.1) is 0 Å². The minimum absolute atomic E-state index is 0.0661. The molecule has 27 heavy (non-hydrogen) atoms. The molecule has 6 atom stereocenters. The van der Waals surface area contributed by atoms with E-state index in [2.05, 4.69) is 24.8 Å². The third-order valence-electron chi connectivity index (χ3n) is 7.06. The monoisotopic (exact) mass is 374 g/mol. The van der Waals surface area contributed by atoms with Crippen molar-refractivity contribution in [1.29, 1.82) is 0 Å². The van der Waals surface area contributed by atoms with Crippen molar-refractivity contribution in [2.45, 2.75) is 83.3 Å². The molecule has 0 heterocycles. The highest BCUT2D eigenvalue weighted by Crippen LogP contribution is 2.57. The second-order valence-corrected chi connectivity index (χ2v) is 8.64. The van der Waals surface area contributed by atoms with E-state index in [1.54, 1.807) is 0 Å². The van der Waals surface area contributed by atoms with Crippen LogP contribution in [-0.4, -0.2) is 33.5 Å². The van der Waals surface area contributed by atoms with E-state index in [1.165, 1.54) is 24.8 Å². The van der Waals surface area contributed by atoms with Crippen LogP contribution < -0.4 is 0 Å². The fraction of sp³-hybridized carbons (Fsp3) is 0.783. The fourth-order valence-corrected chi connectivity index (χ4v) is 5.64. The minimum atomic E-state index is -0.754. The maximum absolute atomic E-state index is 10.8. The van der Waals surface area contributed by atoms with Gasteiger partial charge in [0.2, 0.25) is 0 Å². The van der Waals surface area contributed by atoms with Crippen LogP contribution in [0.25, 0.3) is 0 Å². The average Bonchev–Trinajstić information content (AvgIpc) is 2.65. The predicted octanol–water partition coefficient (Wildman–Crippen LogP) is 3.77. The Morgan fingerprint density at radius 2 is 1.96 bits per heavy atom. The maximum atomic E-state index is 10.8. The molecule has 3 N–H and O–H groups in total. The Bertz CT molecular complexity index is 600. The summed E-state index contributed by atoms with van der Waals surface area (Å²) in [4.78, 5) is 10.8. The standard InChI is InChI=1S/C23H34O4/c1-2-16-17(9-6-10-22(26)27)18-11-14-21(25)19(23(16)18)12-13-20(24)15-7-4-3-5-8-15/h9,15-16,18-21,23-25H,2-8,10-11,14H2,1H3,(H,26,27)/t16?,18-,19+,20?,21-,23+/m1/s1. The number of aliphatic hydroxyl groups is 2. The molecule has 150 valence electrons. The van der Waals surface area contributed by atoms with Gasteiger partial charge in [0.25, 0.3) is 0 Å². The molecule has 0 amide bonds. The lowest BCUT2D eigenvalue weighted by Gasteiger charge is -2.54. The Morgan fingerprint density at radius 3 is 2.63 bits per heavy atom. The molecule has 3 aliphatic carbocycles. The minimum Gasteiger partial charge on any atom is -0.481 e. The fourth-order valence-electron chi connectivity index (χ4n) is 5.64. The van der Waals surface area contributed by atoms with E-state index >= 15 is 0 Å². The lowest BCUT2D eigenvalue weighted by Crippen LogP contribution is -2.50. The number of rotatable bonds is 5. The molecule has 3 aliphatic rings. The predicted molar refractivity (Wildman–Crippen MR) is 105 cm³/mol. The van der Waals surface area contributed by atoms with Crippen molar-refractivity contribution in [3.8, 4) is 11.8 Å². The first kappa shape index (κ1) is 20.4. The van der Waals surface area contributed by atoms with E-state index < -0.39 is 18.2 Å². The Morgan fingerprint density at radius 1 is 1.22 bits per heavy atom. The number of aliphatic hydroxyl groups excluding tert-OH is 2. The van der Waals surface area contributed by atoms with Crippen molar-refractivity contribution in [3.63, 3.8) is 0 Å². The van der Waals surface area contributed by atoms with Gasteiger partial charge in [0.1, 0.15) is 6.10 Å². The number of allylic oxidation sites excluding steroid dienone is 2. The number of aliphatic carboxylic acids is 1. The van der Waals surface area contributed by atoms with E-state index in [4.69, 9.17) is 5.11 Å². The summed E-state index contributed by atoms with van der Waals surface area (Å²) in [5.74, 6) is 7.03. The molecule has 4 heteroatoms. The Hall–Kier alpha value is -1.31. The van der Waals surface area contributed by atoms with Crippen LogP contribution in [0.5, 0.6) is 0 Å². The van der Waals surface area contributed by atoms with Gasteiger partial charge >= 0.3 is 5.97 Å². The molecule has 3 fully saturated rings. The number of carboxylic acids is 1. The lowest BCUT2D eigenvalue weighted by atomic mass is 9.50. The van der Waals surface area contributed by atoms with E-state index in [1.807, 2.05) is 0 Å². The number of hydrogen-bond donors (Lipinski definition) is 3. The molecule has 0 aromatic carbocycles. The summed E-state index contributed by atoms with van der Waals surface area (Å²) in [7, 11) is 0. The molecule has 0 bridgehead atoms. The number of fused-ring (bicyclic) bond motifs is 1. The second-order valence-electron chi connectivity index (χ2n) is 8.64. The third kappa shape index (κ3) is 4.58. The highest BCUT2D eigenvalue weighted by atomic mass is 16.4. The third-order valence-corrected chi connectivity index (χ3v) is 7.06. The molecule has 0 aromatic rings. The van der Waals surface area contributed by atoms with Gasteiger partial charge < -0.3 is 15.3 Å². The van der Waals surface area contributed by atoms with Gasteiger partial charge in [-0.1, -0.05) is 49.7 Å².